The lowest BCUT2D eigenvalue weighted by Crippen LogP contribution is -2.24. The van der Waals surface area contributed by atoms with Gasteiger partial charge < -0.3 is 10.6 Å². The predicted molar refractivity (Wildman–Crippen MR) is 85.4 cm³/mol. The van der Waals surface area contributed by atoms with Gasteiger partial charge in [-0.25, -0.2) is 0 Å². The van der Waals surface area contributed by atoms with Crippen molar-refractivity contribution in [1.82, 2.24) is 10.3 Å². The van der Waals surface area contributed by atoms with Gasteiger partial charge in [-0.3, -0.25) is 9.78 Å². The third-order valence-corrected chi connectivity index (χ3v) is 3.37. The topological polar surface area (TPSA) is 54.0 Å². The Morgan fingerprint density at radius 2 is 1.90 bits per heavy atom. The summed E-state index contributed by atoms with van der Waals surface area (Å²) in [4.78, 5) is 16.4. The molecule has 2 N–H and O–H groups in total. The van der Waals surface area contributed by atoms with Gasteiger partial charge >= 0.3 is 0 Å². The van der Waals surface area contributed by atoms with Crippen LogP contribution in [0.3, 0.4) is 0 Å². The minimum absolute atomic E-state index is 0.107. The van der Waals surface area contributed by atoms with E-state index in [2.05, 4.69) is 28.6 Å². The van der Waals surface area contributed by atoms with E-state index >= 15 is 0 Å². The summed E-state index contributed by atoms with van der Waals surface area (Å²) in [6, 6.07) is 9.98. The molecule has 2 aromatic rings. The number of benzene rings is 1. The molecule has 0 radical (unpaired) electrons. The van der Waals surface area contributed by atoms with Crippen LogP contribution in [0.15, 0.2) is 42.7 Å². The molecule has 4 heteroatoms. The van der Waals surface area contributed by atoms with E-state index < -0.39 is 0 Å². The minimum atomic E-state index is -0.107. The van der Waals surface area contributed by atoms with Crippen molar-refractivity contribution < 1.29 is 4.79 Å². The number of aromatic nitrogens is 1. The highest BCUT2D eigenvalue weighted by molar-refractivity contribution is 5.99. The Balaban J connectivity index is 2.08. The molecule has 1 aromatic carbocycles. The van der Waals surface area contributed by atoms with Gasteiger partial charge in [-0.1, -0.05) is 31.2 Å². The van der Waals surface area contributed by atoms with E-state index in [1.165, 1.54) is 5.56 Å². The highest BCUT2D eigenvalue weighted by Gasteiger charge is 2.11. The van der Waals surface area contributed by atoms with E-state index in [4.69, 9.17) is 0 Å². The Morgan fingerprint density at radius 3 is 2.62 bits per heavy atom. The first-order valence-electron chi connectivity index (χ1n) is 7.29. The average Bonchev–Trinajstić information content (AvgIpc) is 2.53. The second-order valence-electron chi connectivity index (χ2n) is 4.76. The summed E-state index contributed by atoms with van der Waals surface area (Å²) in [5, 5.41) is 6.15. The van der Waals surface area contributed by atoms with Crippen LogP contribution in [-0.4, -0.2) is 17.4 Å². The lowest BCUT2D eigenvalue weighted by Gasteiger charge is -2.12. The van der Waals surface area contributed by atoms with Gasteiger partial charge in [0.05, 0.1) is 11.3 Å². The van der Waals surface area contributed by atoms with E-state index in [9.17, 15) is 4.79 Å². The zero-order chi connectivity index (χ0) is 15.1. The van der Waals surface area contributed by atoms with Crippen molar-refractivity contribution in [3.05, 3.63) is 59.4 Å². The average molecular weight is 283 g/mol. The molecule has 0 spiro atoms. The molecule has 1 heterocycles. The summed E-state index contributed by atoms with van der Waals surface area (Å²) >= 11 is 0. The van der Waals surface area contributed by atoms with Gasteiger partial charge in [-0.05, 0) is 30.5 Å². The monoisotopic (exact) mass is 283 g/mol. The third kappa shape index (κ3) is 3.81. The Bertz CT molecular complexity index is 610. The molecule has 2 rings (SSSR count). The van der Waals surface area contributed by atoms with E-state index in [0.717, 1.165) is 24.2 Å². The first-order chi connectivity index (χ1) is 10.3. The number of pyridine rings is 1. The van der Waals surface area contributed by atoms with Gasteiger partial charge in [-0.15, -0.1) is 0 Å². The van der Waals surface area contributed by atoms with Crippen molar-refractivity contribution in [2.45, 2.75) is 26.8 Å². The Morgan fingerprint density at radius 1 is 1.14 bits per heavy atom. The Hall–Kier alpha value is -2.36. The van der Waals surface area contributed by atoms with Crippen molar-refractivity contribution in [2.75, 3.05) is 11.9 Å². The van der Waals surface area contributed by atoms with Crippen LogP contribution in [0, 0.1) is 0 Å². The lowest BCUT2D eigenvalue weighted by atomic mass is 10.1. The highest BCUT2D eigenvalue weighted by Crippen LogP contribution is 2.14. The van der Waals surface area contributed by atoms with E-state index in [0.29, 0.717) is 12.1 Å². The SMILES string of the molecule is CCNc1ccncc1C(=O)NCc1ccccc1CC. The van der Waals surface area contributed by atoms with Gasteiger partial charge in [-0.2, -0.15) is 0 Å². The van der Waals surface area contributed by atoms with Crippen LogP contribution in [0.5, 0.6) is 0 Å². The molecule has 0 aliphatic rings. The van der Waals surface area contributed by atoms with Gasteiger partial charge in [0.2, 0.25) is 0 Å². The Kier molecular flexibility index (Phi) is 5.32. The third-order valence-electron chi connectivity index (χ3n) is 3.37. The van der Waals surface area contributed by atoms with Crippen LogP contribution < -0.4 is 10.6 Å². The number of anilines is 1. The van der Waals surface area contributed by atoms with E-state index in [-0.39, 0.29) is 5.91 Å². The van der Waals surface area contributed by atoms with Crippen molar-refractivity contribution in [3.8, 4) is 0 Å². The number of amides is 1. The molecule has 110 valence electrons. The van der Waals surface area contributed by atoms with Crippen LogP contribution in [-0.2, 0) is 13.0 Å². The van der Waals surface area contributed by atoms with Crippen LogP contribution >= 0.6 is 0 Å². The zero-order valence-electron chi connectivity index (χ0n) is 12.5. The van der Waals surface area contributed by atoms with Crippen molar-refractivity contribution in [2.24, 2.45) is 0 Å². The molecule has 0 fully saturated rings. The van der Waals surface area contributed by atoms with Gasteiger partial charge in [0.15, 0.2) is 0 Å². The molecule has 0 aliphatic heterocycles. The number of hydrogen-bond acceptors (Lipinski definition) is 3. The number of carbonyl (C=O) groups is 1. The number of nitrogens with zero attached hydrogens (tertiary/aromatic N) is 1. The number of rotatable bonds is 6. The minimum Gasteiger partial charge on any atom is -0.385 e. The maximum absolute atomic E-state index is 12.3. The molecule has 4 nitrogen and oxygen atoms in total. The standard InChI is InChI=1S/C17H21N3O/c1-3-13-7-5-6-8-14(13)11-20-17(21)15-12-18-10-9-16(15)19-4-2/h5-10,12H,3-4,11H2,1-2H3,(H,18,19)(H,20,21). The van der Waals surface area contributed by atoms with E-state index in [1.807, 2.05) is 31.2 Å². The van der Waals surface area contributed by atoms with Crippen molar-refractivity contribution >= 4 is 11.6 Å². The first-order valence-corrected chi connectivity index (χ1v) is 7.29. The summed E-state index contributed by atoms with van der Waals surface area (Å²) in [7, 11) is 0. The van der Waals surface area contributed by atoms with Gasteiger partial charge in [0.1, 0.15) is 0 Å². The largest absolute Gasteiger partial charge is 0.385 e. The molecule has 1 amide bonds. The summed E-state index contributed by atoms with van der Waals surface area (Å²) < 4.78 is 0. The lowest BCUT2D eigenvalue weighted by molar-refractivity contribution is 0.0951. The molecule has 0 saturated carbocycles. The van der Waals surface area contributed by atoms with Crippen molar-refractivity contribution in [1.29, 1.82) is 0 Å². The summed E-state index contributed by atoms with van der Waals surface area (Å²) in [5.41, 5.74) is 3.81. The zero-order valence-corrected chi connectivity index (χ0v) is 12.5. The molecule has 0 aliphatic carbocycles. The van der Waals surface area contributed by atoms with Crippen LogP contribution in [0.4, 0.5) is 5.69 Å². The molecule has 0 atom stereocenters. The molecule has 0 saturated heterocycles. The Labute approximate surface area is 125 Å². The number of nitrogens with one attached hydrogen (secondary N) is 2. The molecular formula is C17H21N3O. The van der Waals surface area contributed by atoms with Crippen LogP contribution in [0.2, 0.25) is 0 Å². The molecule has 1 aromatic heterocycles. The molecule has 21 heavy (non-hydrogen) atoms. The molecular weight excluding hydrogens is 262 g/mol. The number of carbonyl (C=O) groups excluding carboxylic acids is 1. The first kappa shape index (κ1) is 15.0. The fourth-order valence-electron chi connectivity index (χ4n) is 2.27. The van der Waals surface area contributed by atoms with Gasteiger partial charge in [0.25, 0.3) is 5.91 Å². The van der Waals surface area contributed by atoms with Crippen LogP contribution in [0.25, 0.3) is 0 Å². The summed E-state index contributed by atoms with van der Waals surface area (Å²) in [6.45, 7) is 5.41. The summed E-state index contributed by atoms with van der Waals surface area (Å²) in [6.07, 6.45) is 4.24. The smallest absolute Gasteiger partial charge is 0.255 e. The quantitative estimate of drug-likeness (QED) is 0.857. The normalized spacial score (nSPS) is 10.2. The maximum atomic E-state index is 12.3. The predicted octanol–water partition coefficient (Wildman–Crippen LogP) is 3.01. The summed E-state index contributed by atoms with van der Waals surface area (Å²) in [5.74, 6) is -0.107. The fourth-order valence-corrected chi connectivity index (χ4v) is 2.27. The number of aryl methyl sites for hydroxylation is 1. The maximum Gasteiger partial charge on any atom is 0.255 e. The highest BCUT2D eigenvalue weighted by atomic mass is 16.1. The number of hydrogen-bond donors (Lipinski definition) is 2. The van der Waals surface area contributed by atoms with E-state index in [1.54, 1.807) is 12.4 Å². The van der Waals surface area contributed by atoms with Crippen molar-refractivity contribution in [3.63, 3.8) is 0 Å². The van der Waals surface area contributed by atoms with Crippen LogP contribution in [0.1, 0.15) is 35.3 Å². The second-order valence-corrected chi connectivity index (χ2v) is 4.76. The van der Waals surface area contributed by atoms with Gasteiger partial charge in [0, 0.05) is 25.5 Å². The molecule has 0 bridgehead atoms. The second kappa shape index (κ2) is 7.43. The molecule has 0 unspecified atom stereocenters. The fraction of sp³-hybridized carbons (Fsp3) is 0.294.